The molecule has 1 fully saturated rings. The second-order valence-electron chi connectivity index (χ2n) is 8.04. The van der Waals surface area contributed by atoms with Gasteiger partial charge in [0.2, 0.25) is 5.91 Å². The molecule has 5 nitrogen and oxygen atoms in total. The van der Waals surface area contributed by atoms with Gasteiger partial charge in [-0.3, -0.25) is 14.5 Å². The number of methoxy groups -OCH3 is 1. The minimum absolute atomic E-state index is 0.0618. The Morgan fingerprint density at radius 2 is 1.75 bits per heavy atom. The van der Waals surface area contributed by atoms with Gasteiger partial charge in [-0.1, -0.05) is 18.2 Å². The number of nitrogens with one attached hydrogen (secondary N) is 1. The number of fused-ring (bicyclic) bond motifs is 1. The van der Waals surface area contributed by atoms with E-state index in [0.717, 1.165) is 24.1 Å². The van der Waals surface area contributed by atoms with Crippen LogP contribution in [0.5, 0.6) is 5.75 Å². The van der Waals surface area contributed by atoms with Crippen LogP contribution in [0, 0.1) is 0 Å². The molecule has 1 aliphatic carbocycles. The molecular formula is C26H24N2O3S. The molecule has 1 aliphatic heterocycles. The van der Waals surface area contributed by atoms with Crippen LogP contribution in [0.4, 0.5) is 11.4 Å². The average Bonchev–Trinajstić information content (AvgIpc) is 3.45. The van der Waals surface area contributed by atoms with Crippen LogP contribution in [0.15, 0.2) is 66.7 Å². The Kier molecular flexibility index (Phi) is 5.62. The normalized spacial score (nSPS) is 17.3. The summed E-state index contributed by atoms with van der Waals surface area (Å²) in [5, 5.41) is 2.86. The monoisotopic (exact) mass is 444 g/mol. The summed E-state index contributed by atoms with van der Waals surface area (Å²) in [6.07, 6.45) is 3.41. The number of amides is 2. The summed E-state index contributed by atoms with van der Waals surface area (Å²) in [6, 6.07) is 21.2. The lowest BCUT2D eigenvalue weighted by Gasteiger charge is -2.25. The molecule has 1 heterocycles. The molecule has 0 bridgehead atoms. The van der Waals surface area contributed by atoms with E-state index in [-0.39, 0.29) is 17.2 Å². The highest BCUT2D eigenvalue weighted by atomic mass is 32.2. The summed E-state index contributed by atoms with van der Waals surface area (Å²) in [7, 11) is 1.60. The minimum Gasteiger partial charge on any atom is -0.497 e. The maximum Gasteiger partial charge on any atom is 0.255 e. The summed E-state index contributed by atoms with van der Waals surface area (Å²) < 4.78 is 5.14. The average molecular weight is 445 g/mol. The SMILES string of the molecule is COc1ccc(C(=O)Nc2ccc(C3SCC(=O)N3c3ccc4c(c3)CCC4)cc2)cc1. The standard InChI is InChI=1S/C26H24N2O3S/c1-31-23-13-8-18(9-14-23)25(30)27-21-10-5-19(6-11-21)26-28(24(29)16-32-26)22-12-7-17-3-2-4-20(17)15-22/h5-15,26H,2-4,16H2,1H3,(H,27,30). The van der Waals surface area contributed by atoms with Crippen molar-refractivity contribution in [3.8, 4) is 5.75 Å². The van der Waals surface area contributed by atoms with Crippen LogP contribution in [-0.4, -0.2) is 24.7 Å². The third kappa shape index (κ3) is 3.98. The number of benzene rings is 3. The lowest BCUT2D eigenvalue weighted by Crippen LogP contribution is -2.27. The molecule has 1 atom stereocenters. The smallest absolute Gasteiger partial charge is 0.255 e. The maximum atomic E-state index is 12.7. The molecule has 1 saturated heterocycles. The summed E-state index contributed by atoms with van der Waals surface area (Å²) in [5.41, 5.74) is 6.07. The second-order valence-corrected chi connectivity index (χ2v) is 9.11. The molecule has 32 heavy (non-hydrogen) atoms. The Hall–Kier alpha value is -3.25. The minimum atomic E-state index is -0.175. The molecule has 3 aromatic carbocycles. The lowest BCUT2D eigenvalue weighted by atomic mass is 10.1. The lowest BCUT2D eigenvalue weighted by molar-refractivity contribution is -0.115. The zero-order valence-electron chi connectivity index (χ0n) is 17.8. The van der Waals surface area contributed by atoms with Crippen molar-refractivity contribution in [3.05, 3.63) is 89.0 Å². The van der Waals surface area contributed by atoms with E-state index in [1.54, 1.807) is 43.1 Å². The first-order chi connectivity index (χ1) is 15.6. The van der Waals surface area contributed by atoms with Gasteiger partial charge < -0.3 is 10.1 Å². The third-order valence-electron chi connectivity index (χ3n) is 6.03. The van der Waals surface area contributed by atoms with Gasteiger partial charge in [-0.25, -0.2) is 0 Å². The molecule has 2 amide bonds. The van der Waals surface area contributed by atoms with Crippen molar-refractivity contribution in [3.63, 3.8) is 0 Å². The number of hydrogen-bond acceptors (Lipinski definition) is 4. The quantitative estimate of drug-likeness (QED) is 0.587. The van der Waals surface area contributed by atoms with Crippen LogP contribution >= 0.6 is 11.8 Å². The van der Waals surface area contributed by atoms with E-state index in [0.29, 0.717) is 22.8 Å². The Morgan fingerprint density at radius 1 is 1.00 bits per heavy atom. The number of hydrogen-bond donors (Lipinski definition) is 1. The highest BCUT2D eigenvalue weighted by Gasteiger charge is 2.34. The number of carbonyl (C=O) groups is 2. The molecule has 0 saturated carbocycles. The first-order valence-corrected chi connectivity index (χ1v) is 11.8. The van der Waals surface area contributed by atoms with Gasteiger partial charge in [-0.05, 0) is 84.5 Å². The van der Waals surface area contributed by atoms with E-state index in [4.69, 9.17) is 4.74 Å². The van der Waals surface area contributed by atoms with Crippen molar-refractivity contribution in [2.24, 2.45) is 0 Å². The zero-order chi connectivity index (χ0) is 22.1. The molecule has 0 radical (unpaired) electrons. The van der Waals surface area contributed by atoms with Crippen LogP contribution in [0.1, 0.15) is 38.8 Å². The van der Waals surface area contributed by atoms with Gasteiger partial charge in [0.25, 0.3) is 5.91 Å². The van der Waals surface area contributed by atoms with Crippen molar-refractivity contribution in [2.75, 3.05) is 23.1 Å². The fraction of sp³-hybridized carbons (Fsp3) is 0.231. The number of ether oxygens (including phenoxy) is 1. The predicted octanol–water partition coefficient (Wildman–Crippen LogP) is 5.21. The Bertz CT molecular complexity index is 1160. The van der Waals surface area contributed by atoms with Crippen LogP contribution in [0.3, 0.4) is 0 Å². The highest BCUT2D eigenvalue weighted by molar-refractivity contribution is 8.00. The maximum absolute atomic E-state index is 12.7. The van der Waals surface area contributed by atoms with Crippen molar-refractivity contribution in [1.82, 2.24) is 0 Å². The number of aryl methyl sites for hydroxylation is 2. The number of carbonyl (C=O) groups excluding carboxylic acids is 2. The van der Waals surface area contributed by atoms with Crippen LogP contribution in [-0.2, 0) is 17.6 Å². The van der Waals surface area contributed by atoms with Gasteiger partial charge in [0.15, 0.2) is 0 Å². The zero-order valence-corrected chi connectivity index (χ0v) is 18.7. The molecule has 3 aromatic rings. The van der Waals surface area contributed by atoms with Gasteiger partial charge in [0.1, 0.15) is 11.1 Å². The second kappa shape index (κ2) is 8.71. The highest BCUT2D eigenvalue weighted by Crippen LogP contribution is 2.43. The first kappa shape index (κ1) is 20.6. The summed E-state index contributed by atoms with van der Waals surface area (Å²) >= 11 is 1.64. The van der Waals surface area contributed by atoms with Crippen molar-refractivity contribution < 1.29 is 14.3 Å². The van der Waals surface area contributed by atoms with Crippen molar-refractivity contribution >= 4 is 35.0 Å². The molecule has 0 spiro atoms. The number of thioether (sulfide) groups is 1. The van der Waals surface area contributed by atoms with Gasteiger partial charge in [0.05, 0.1) is 12.9 Å². The van der Waals surface area contributed by atoms with Crippen LogP contribution < -0.4 is 15.0 Å². The van der Waals surface area contributed by atoms with Crippen LogP contribution in [0.2, 0.25) is 0 Å². The van der Waals surface area contributed by atoms with Crippen LogP contribution in [0.25, 0.3) is 0 Å². The summed E-state index contributed by atoms with van der Waals surface area (Å²) in [5.74, 6) is 1.14. The van der Waals surface area contributed by atoms with Crippen molar-refractivity contribution in [2.45, 2.75) is 24.6 Å². The van der Waals surface area contributed by atoms with E-state index in [1.165, 1.54) is 17.5 Å². The van der Waals surface area contributed by atoms with E-state index < -0.39 is 0 Å². The molecule has 0 aromatic heterocycles. The molecule has 162 valence electrons. The summed E-state index contributed by atoms with van der Waals surface area (Å²) in [6.45, 7) is 0. The van der Waals surface area contributed by atoms with E-state index in [9.17, 15) is 9.59 Å². The molecule has 2 aliphatic rings. The van der Waals surface area contributed by atoms with E-state index >= 15 is 0 Å². The Balaban J connectivity index is 1.32. The third-order valence-corrected chi connectivity index (χ3v) is 7.25. The Labute approximate surface area is 191 Å². The molecule has 1 N–H and O–H groups in total. The fourth-order valence-electron chi connectivity index (χ4n) is 4.33. The van der Waals surface area contributed by atoms with E-state index in [2.05, 4.69) is 23.5 Å². The predicted molar refractivity (Wildman–Crippen MR) is 129 cm³/mol. The molecule has 6 heteroatoms. The molecule has 5 rings (SSSR count). The number of anilines is 2. The number of rotatable bonds is 5. The Morgan fingerprint density at radius 3 is 2.50 bits per heavy atom. The molecular weight excluding hydrogens is 420 g/mol. The van der Waals surface area contributed by atoms with Gasteiger partial charge >= 0.3 is 0 Å². The van der Waals surface area contributed by atoms with Crippen molar-refractivity contribution in [1.29, 1.82) is 0 Å². The number of nitrogens with zero attached hydrogens (tertiary/aromatic N) is 1. The van der Waals surface area contributed by atoms with Gasteiger partial charge in [0, 0.05) is 16.9 Å². The van der Waals surface area contributed by atoms with Gasteiger partial charge in [-0.2, -0.15) is 0 Å². The van der Waals surface area contributed by atoms with E-state index in [1.807, 2.05) is 29.2 Å². The topological polar surface area (TPSA) is 58.6 Å². The van der Waals surface area contributed by atoms with Gasteiger partial charge in [-0.15, -0.1) is 11.8 Å². The first-order valence-electron chi connectivity index (χ1n) is 10.7. The fourth-order valence-corrected chi connectivity index (χ4v) is 5.51. The summed E-state index contributed by atoms with van der Waals surface area (Å²) in [4.78, 5) is 27.1. The molecule has 1 unspecified atom stereocenters. The largest absolute Gasteiger partial charge is 0.497 e.